The number of benzene rings is 1. The molecule has 3 amide bonds. The van der Waals surface area contributed by atoms with Gasteiger partial charge in [0.2, 0.25) is 5.91 Å². The van der Waals surface area contributed by atoms with Gasteiger partial charge in [0.15, 0.2) is 0 Å². The molecule has 1 saturated carbocycles. The molecule has 0 radical (unpaired) electrons. The van der Waals surface area contributed by atoms with Crippen molar-refractivity contribution in [3.8, 4) is 0 Å². The van der Waals surface area contributed by atoms with Gasteiger partial charge in [-0.2, -0.15) is 0 Å². The zero-order chi connectivity index (χ0) is 16.2. The molecule has 23 heavy (non-hydrogen) atoms. The second kappa shape index (κ2) is 7.21. The van der Waals surface area contributed by atoms with E-state index in [-0.39, 0.29) is 24.0 Å². The van der Waals surface area contributed by atoms with Gasteiger partial charge in [0, 0.05) is 18.0 Å². The Kier molecular flexibility index (Phi) is 5.06. The van der Waals surface area contributed by atoms with Crippen molar-refractivity contribution in [3.05, 3.63) is 34.9 Å². The van der Waals surface area contributed by atoms with Gasteiger partial charge in [-0.15, -0.1) is 0 Å². The van der Waals surface area contributed by atoms with Crippen molar-refractivity contribution in [2.45, 2.75) is 44.2 Å². The van der Waals surface area contributed by atoms with Crippen molar-refractivity contribution in [2.75, 3.05) is 6.54 Å². The van der Waals surface area contributed by atoms with Gasteiger partial charge in [-0.3, -0.25) is 4.79 Å². The fourth-order valence-corrected chi connectivity index (χ4v) is 3.74. The summed E-state index contributed by atoms with van der Waals surface area (Å²) in [5, 5.41) is 9.38. The highest BCUT2D eigenvalue weighted by atomic mass is 35.5. The van der Waals surface area contributed by atoms with E-state index in [2.05, 4.69) is 16.0 Å². The van der Waals surface area contributed by atoms with Crippen molar-refractivity contribution in [1.82, 2.24) is 16.0 Å². The molecule has 1 heterocycles. The lowest BCUT2D eigenvalue weighted by atomic mass is 9.92. The summed E-state index contributed by atoms with van der Waals surface area (Å²) in [4.78, 5) is 23.6. The third-order valence-electron chi connectivity index (χ3n) is 4.68. The Bertz CT molecular complexity index is 587. The summed E-state index contributed by atoms with van der Waals surface area (Å²) < 4.78 is 0. The molecule has 2 aliphatic rings. The van der Waals surface area contributed by atoms with Gasteiger partial charge >= 0.3 is 6.03 Å². The summed E-state index contributed by atoms with van der Waals surface area (Å²) in [7, 11) is 0. The summed E-state index contributed by atoms with van der Waals surface area (Å²) in [6, 6.07) is 7.29. The van der Waals surface area contributed by atoms with E-state index in [1.54, 1.807) is 0 Å². The van der Waals surface area contributed by atoms with Crippen LogP contribution in [0.4, 0.5) is 4.79 Å². The third kappa shape index (κ3) is 4.16. The summed E-state index contributed by atoms with van der Waals surface area (Å²) in [6.07, 6.45) is 4.97. The lowest BCUT2D eigenvalue weighted by Crippen LogP contribution is -2.45. The number of nitrogens with one attached hydrogen (secondary N) is 3. The molecule has 1 aliphatic heterocycles. The van der Waals surface area contributed by atoms with Crippen molar-refractivity contribution in [1.29, 1.82) is 0 Å². The quantitative estimate of drug-likeness (QED) is 0.791. The first kappa shape index (κ1) is 16.1. The van der Waals surface area contributed by atoms with Crippen LogP contribution in [0.2, 0.25) is 5.02 Å². The molecular formula is C17H22ClN3O2. The van der Waals surface area contributed by atoms with Crippen LogP contribution in [0, 0.1) is 5.92 Å². The largest absolute Gasteiger partial charge is 0.354 e. The van der Waals surface area contributed by atoms with Crippen LogP contribution in [-0.2, 0) is 4.79 Å². The predicted octanol–water partition coefficient (Wildman–Crippen LogP) is 2.76. The number of hydrogen-bond donors (Lipinski definition) is 3. The molecule has 1 aliphatic carbocycles. The van der Waals surface area contributed by atoms with Crippen LogP contribution in [0.1, 0.15) is 43.7 Å². The zero-order valence-electron chi connectivity index (χ0n) is 13.0. The van der Waals surface area contributed by atoms with Crippen LogP contribution < -0.4 is 16.0 Å². The maximum Gasteiger partial charge on any atom is 0.315 e. The molecule has 3 N–H and O–H groups in total. The van der Waals surface area contributed by atoms with Gasteiger partial charge in [0.05, 0.1) is 12.1 Å². The van der Waals surface area contributed by atoms with Crippen molar-refractivity contribution >= 4 is 23.5 Å². The van der Waals surface area contributed by atoms with Gasteiger partial charge < -0.3 is 16.0 Å². The van der Waals surface area contributed by atoms with E-state index in [0.29, 0.717) is 23.9 Å². The van der Waals surface area contributed by atoms with Crippen LogP contribution in [0.5, 0.6) is 0 Å². The fraction of sp³-hybridized carbons (Fsp3) is 0.529. The van der Waals surface area contributed by atoms with Crippen molar-refractivity contribution in [3.63, 3.8) is 0 Å². The van der Waals surface area contributed by atoms with Gasteiger partial charge in [-0.25, -0.2) is 4.79 Å². The minimum Gasteiger partial charge on any atom is -0.354 e. The molecule has 0 bridgehead atoms. The number of hydrogen-bond acceptors (Lipinski definition) is 2. The van der Waals surface area contributed by atoms with Crippen LogP contribution in [0.25, 0.3) is 0 Å². The minimum absolute atomic E-state index is 0.0162. The first-order chi connectivity index (χ1) is 11.1. The normalized spacial score (nSPS) is 22.7. The Balaban J connectivity index is 1.68. The third-order valence-corrected chi connectivity index (χ3v) is 4.91. The van der Waals surface area contributed by atoms with E-state index in [0.717, 1.165) is 18.4 Å². The number of halogens is 1. The molecule has 124 valence electrons. The molecule has 0 spiro atoms. The second-order valence-corrected chi connectivity index (χ2v) is 6.84. The summed E-state index contributed by atoms with van der Waals surface area (Å²) in [5.41, 5.74) is 1.04. The van der Waals surface area contributed by atoms with Crippen molar-refractivity contribution in [2.24, 2.45) is 5.92 Å². The van der Waals surface area contributed by atoms with Crippen LogP contribution in [-0.4, -0.2) is 24.5 Å². The number of rotatable bonds is 4. The zero-order valence-corrected chi connectivity index (χ0v) is 13.7. The highest BCUT2D eigenvalue weighted by Gasteiger charge is 2.29. The molecule has 3 rings (SSSR count). The smallest absolute Gasteiger partial charge is 0.315 e. The second-order valence-electron chi connectivity index (χ2n) is 6.40. The topological polar surface area (TPSA) is 70.2 Å². The summed E-state index contributed by atoms with van der Waals surface area (Å²) in [6.45, 7) is 0.498. The number of carbonyl (C=O) groups excluding carboxylic acids is 2. The summed E-state index contributed by atoms with van der Waals surface area (Å²) in [5.74, 6) is 0.417. The molecule has 2 fully saturated rings. The standard InChI is InChI=1S/C17H22ClN3O2/c18-13-7-3-6-12(8-13)16(11-4-1-2-5-11)21-17(23)20-14-9-15(22)19-10-14/h3,6-8,11,14,16H,1-2,4-5,9-10H2,(H,19,22)(H2,20,21,23)/t14-,16+/m1/s1. The van der Waals surface area contributed by atoms with Crippen LogP contribution in [0.3, 0.4) is 0 Å². The van der Waals surface area contributed by atoms with Gasteiger partial charge in [0.25, 0.3) is 0 Å². The first-order valence-electron chi connectivity index (χ1n) is 8.21. The highest BCUT2D eigenvalue weighted by Crippen LogP contribution is 2.36. The van der Waals surface area contributed by atoms with Gasteiger partial charge in [-0.1, -0.05) is 36.6 Å². The van der Waals surface area contributed by atoms with E-state index >= 15 is 0 Å². The maximum atomic E-state index is 12.3. The Morgan fingerprint density at radius 1 is 1.30 bits per heavy atom. The SMILES string of the molecule is O=C1C[C@@H](NC(=O)N[C@H](c2cccc(Cl)c2)C2CCCC2)CN1. The first-order valence-corrected chi connectivity index (χ1v) is 8.59. The average molecular weight is 336 g/mol. The molecule has 0 unspecified atom stereocenters. The molecule has 1 aromatic rings. The van der Waals surface area contributed by atoms with E-state index in [4.69, 9.17) is 11.6 Å². The fourth-order valence-electron chi connectivity index (χ4n) is 3.54. The molecule has 1 aromatic carbocycles. The number of amides is 3. The molecular weight excluding hydrogens is 314 g/mol. The van der Waals surface area contributed by atoms with E-state index < -0.39 is 0 Å². The molecule has 5 nitrogen and oxygen atoms in total. The highest BCUT2D eigenvalue weighted by molar-refractivity contribution is 6.30. The van der Waals surface area contributed by atoms with Crippen LogP contribution >= 0.6 is 11.6 Å². The molecule has 2 atom stereocenters. The Morgan fingerprint density at radius 2 is 2.09 bits per heavy atom. The minimum atomic E-state index is -0.219. The summed E-state index contributed by atoms with van der Waals surface area (Å²) >= 11 is 6.11. The van der Waals surface area contributed by atoms with Gasteiger partial charge in [0.1, 0.15) is 0 Å². The average Bonchev–Trinajstić information content (AvgIpc) is 3.17. The molecule has 1 saturated heterocycles. The predicted molar refractivity (Wildman–Crippen MR) is 89.2 cm³/mol. The maximum absolute atomic E-state index is 12.3. The van der Waals surface area contributed by atoms with E-state index in [1.165, 1.54) is 12.8 Å². The van der Waals surface area contributed by atoms with E-state index in [1.807, 2.05) is 24.3 Å². The Morgan fingerprint density at radius 3 is 2.74 bits per heavy atom. The van der Waals surface area contributed by atoms with E-state index in [9.17, 15) is 9.59 Å². The van der Waals surface area contributed by atoms with Crippen molar-refractivity contribution < 1.29 is 9.59 Å². The lowest BCUT2D eigenvalue weighted by molar-refractivity contribution is -0.119. The monoisotopic (exact) mass is 335 g/mol. The Labute approximate surface area is 141 Å². The molecule has 0 aromatic heterocycles. The number of urea groups is 1. The molecule has 6 heteroatoms. The lowest BCUT2D eigenvalue weighted by Gasteiger charge is -2.26. The number of carbonyl (C=O) groups is 2. The van der Waals surface area contributed by atoms with Gasteiger partial charge in [-0.05, 0) is 36.5 Å². The van der Waals surface area contributed by atoms with Crippen LogP contribution in [0.15, 0.2) is 24.3 Å². The Hall–Kier alpha value is -1.75.